The van der Waals surface area contributed by atoms with Crippen molar-refractivity contribution in [3.05, 3.63) is 71.2 Å². The van der Waals surface area contributed by atoms with Crippen LogP contribution in [0.15, 0.2) is 53.1 Å². The minimum absolute atomic E-state index is 0.595. The number of benzene rings is 2. The maximum atomic E-state index is 7.91. The second-order valence-corrected chi connectivity index (χ2v) is 7.63. The second kappa shape index (κ2) is 6.55. The average molecular weight is 355 g/mol. The lowest BCUT2D eigenvalue weighted by molar-refractivity contribution is -0.660. The van der Waals surface area contributed by atoms with Crippen LogP contribution in [0.25, 0.3) is 38.0 Å². The quantitative estimate of drug-likeness (QED) is 0.320. The van der Waals surface area contributed by atoms with Crippen molar-refractivity contribution in [3.63, 3.8) is 0 Å². The van der Waals surface area contributed by atoms with Crippen molar-refractivity contribution in [2.24, 2.45) is 13.0 Å². The third kappa shape index (κ3) is 2.88. The molecule has 3 heteroatoms. The molecule has 4 aromatic rings. The number of nitrogens with zero attached hydrogens (tertiary/aromatic N) is 2. The molecule has 0 atom stereocenters. The Kier molecular flexibility index (Phi) is 4.20. The van der Waals surface area contributed by atoms with Gasteiger partial charge in [0.25, 0.3) is 0 Å². The van der Waals surface area contributed by atoms with Crippen LogP contribution in [0.1, 0.15) is 25.0 Å². The van der Waals surface area contributed by atoms with Crippen molar-refractivity contribution in [2.45, 2.75) is 27.2 Å². The lowest BCUT2D eigenvalue weighted by atomic mass is 9.97. The van der Waals surface area contributed by atoms with Crippen LogP contribution in [-0.2, 0) is 13.5 Å². The number of rotatable bonds is 3. The van der Waals surface area contributed by atoms with E-state index >= 15 is 0 Å². The normalized spacial score (nSPS) is 11.4. The summed E-state index contributed by atoms with van der Waals surface area (Å²) in [4.78, 5) is 3.95. The predicted octanol–water partition coefficient (Wildman–Crippen LogP) is 6.14. The van der Waals surface area contributed by atoms with Gasteiger partial charge in [0.15, 0.2) is 6.20 Å². The van der Waals surface area contributed by atoms with Crippen LogP contribution >= 0.6 is 0 Å². The van der Waals surface area contributed by atoms with Crippen molar-refractivity contribution < 1.29 is 8.98 Å². The zero-order valence-electron chi connectivity index (χ0n) is 16.2. The Labute approximate surface area is 159 Å². The smallest absolute Gasteiger partial charge is 0.212 e. The Hall–Kier alpha value is -3.12. The van der Waals surface area contributed by atoms with Gasteiger partial charge in [-0.2, -0.15) is 0 Å². The molecule has 0 fully saturated rings. The molecule has 27 heavy (non-hydrogen) atoms. The van der Waals surface area contributed by atoms with E-state index in [1.54, 1.807) is 0 Å². The summed E-state index contributed by atoms with van der Waals surface area (Å²) in [5.41, 5.74) is 6.66. The zero-order valence-corrected chi connectivity index (χ0v) is 16.2. The fourth-order valence-corrected chi connectivity index (χ4v) is 3.90. The molecule has 3 nitrogen and oxygen atoms in total. The van der Waals surface area contributed by atoms with Gasteiger partial charge in [0.1, 0.15) is 18.2 Å². The highest BCUT2D eigenvalue weighted by Gasteiger charge is 2.23. The van der Waals surface area contributed by atoms with E-state index in [-0.39, 0.29) is 0 Å². The van der Waals surface area contributed by atoms with Crippen LogP contribution in [0.3, 0.4) is 0 Å². The van der Waals surface area contributed by atoms with Gasteiger partial charge in [-0.25, -0.2) is 9.41 Å². The molecule has 0 radical (unpaired) electrons. The predicted molar refractivity (Wildman–Crippen MR) is 110 cm³/mol. The first kappa shape index (κ1) is 17.3. The molecular weight excluding hydrogens is 332 g/mol. The van der Waals surface area contributed by atoms with Gasteiger partial charge in [0.05, 0.1) is 12.1 Å². The summed E-state index contributed by atoms with van der Waals surface area (Å²) in [6.45, 7) is 14.4. The van der Waals surface area contributed by atoms with Crippen molar-refractivity contribution in [3.8, 4) is 11.3 Å². The standard InChI is InChI=1S/C24H23N2O/c1-15(2)12-17-9-10-18-20(14-17)27-21-13-16(3)22(24(25-4)23(18)21)19-8-6-7-11-26(19)5/h6-11,13-15H,12H2,1-3,5H3/q+1. The highest BCUT2D eigenvalue weighted by Crippen LogP contribution is 2.43. The SMILES string of the molecule is [C-]#[N+]c1c(-c2cccc[n+]2C)c(C)cc2oc3cc(CC(C)C)ccc3c12. The van der Waals surface area contributed by atoms with Gasteiger partial charge in [-0.15, -0.1) is 0 Å². The average Bonchev–Trinajstić information content (AvgIpc) is 2.97. The molecule has 0 unspecified atom stereocenters. The molecule has 0 aliphatic heterocycles. The fourth-order valence-electron chi connectivity index (χ4n) is 3.90. The molecular formula is C24H23N2O+. The topological polar surface area (TPSA) is 21.4 Å². The first-order valence-corrected chi connectivity index (χ1v) is 9.31. The number of fused-ring (bicyclic) bond motifs is 3. The third-order valence-electron chi connectivity index (χ3n) is 5.06. The number of aryl methyl sites for hydroxylation is 2. The number of aromatic nitrogens is 1. The molecule has 0 saturated heterocycles. The molecule has 2 aromatic carbocycles. The molecule has 2 heterocycles. The minimum atomic E-state index is 0.595. The highest BCUT2D eigenvalue weighted by molar-refractivity contribution is 6.15. The monoisotopic (exact) mass is 355 g/mol. The second-order valence-electron chi connectivity index (χ2n) is 7.63. The summed E-state index contributed by atoms with van der Waals surface area (Å²) in [6, 6.07) is 14.5. The van der Waals surface area contributed by atoms with Gasteiger partial charge >= 0.3 is 0 Å². The molecule has 0 bridgehead atoms. The largest absolute Gasteiger partial charge is 0.457 e. The summed E-state index contributed by atoms with van der Waals surface area (Å²) < 4.78 is 8.23. The molecule has 2 aromatic heterocycles. The van der Waals surface area contributed by atoms with Gasteiger partial charge in [0, 0.05) is 22.9 Å². The highest BCUT2D eigenvalue weighted by atomic mass is 16.3. The summed E-state index contributed by atoms with van der Waals surface area (Å²) in [6.07, 6.45) is 3.03. The Morgan fingerprint density at radius 2 is 1.93 bits per heavy atom. The van der Waals surface area contributed by atoms with Gasteiger partial charge in [-0.3, -0.25) is 0 Å². The first-order valence-electron chi connectivity index (χ1n) is 9.31. The van der Waals surface area contributed by atoms with Crippen LogP contribution < -0.4 is 4.57 Å². The molecule has 0 aliphatic carbocycles. The van der Waals surface area contributed by atoms with E-state index in [4.69, 9.17) is 11.0 Å². The Morgan fingerprint density at radius 1 is 1.11 bits per heavy atom. The van der Waals surface area contributed by atoms with E-state index in [0.717, 1.165) is 45.2 Å². The molecule has 134 valence electrons. The summed E-state index contributed by atoms with van der Waals surface area (Å²) in [5, 5.41) is 1.93. The number of hydrogen-bond donors (Lipinski definition) is 0. The summed E-state index contributed by atoms with van der Waals surface area (Å²) >= 11 is 0. The number of pyridine rings is 1. The summed E-state index contributed by atoms with van der Waals surface area (Å²) in [5.74, 6) is 0.595. The lowest BCUT2D eigenvalue weighted by Crippen LogP contribution is -2.30. The van der Waals surface area contributed by atoms with Crippen LogP contribution in [0.2, 0.25) is 0 Å². The summed E-state index contributed by atoms with van der Waals surface area (Å²) in [7, 11) is 2.01. The minimum Gasteiger partial charge on any atom is -0.457 e. The van der Waals surface area contributed by atoms with Crippen molar-refractivity contribution in [2.75, 3.05) is 0 Å². The molecule has 0 amide bonds. The van der Waals surface area contributed by atoms with Crippen LogP contribution in [0.5, 0.6) is 0 Å². The van der Waals surface area contributed by atoms with E-state index < -0.39 is 0 Å². The van der Waals surface area contributed by atoms with E-state index in [1.807, 2.05) is 32.3 Å². The zero-order chi connectivity index (χ0) is 19.1. The van der Waals surface area contributed by atoms with E-state index in [2.05, 4.69) is 53.6 Å². The Balaban J connectivity index is 2.05. The molecule has 0 saturated carbocycles. The number of hydrogen-bond acceptors (Lipinski definition) is 1. The Bertz CT molecular complexity index is 1210. The number of furan rings is 1. The maximum Gasteiger partial charge on any atom is 0.212 e. The fraction of sp³-hybridized carbons (Fsp3) is 0.250. The van der Waals surface area contributed by atoms with Crippen LogP contribution in [0.4, 0.5) is 5.69 Å². The Morgan fingerprint density at radius 3 is 2.63 bits per heavy atom. The van der Waals surface area contributed by atoms with E-state index in [1.165, 1.54) is 5.56 Å². The van der Waals surface area contributed by atoms with Crippen LogP contribution in [0, 0.1) is 19.4 Å². The maximum absolute atomic E-state index is 7.91. The first-order chi connectivity index (χ1) is 13.0. The van der Waals surface area contributed by atoms with Gasteiger partial charge in [0.2, 0.25) is 11.4 Å². The van der Waals surface area contributed by atoms with Crippen molar-refractivity contribution in [1.82, 2.24) is 0 Å². The third-order valence-corrected chi connectivity index (χ3v) is 5.06. The van der Waals surface area contributed by atoms with Gasteiger partial charge in [-0.05, 0) is 48.6 Å². The van der Waals surface area contributed by atoms with E-state index in [9.17, 15) is 0 Å². The molecule has 0 N–H and O–H groups in total. The molecule has 0 aliphatic rings. The molecule has 0 spiro atoms. The van der Waals surface area contributed by atoms with E-state index in [0.29, 0.717) is 11.6 Å². The van der Waals surface area contributed by atoms with Gasteiger partial charge in [-0.1, -0.05) is 26.0 Å². The van der Waals surface area contributed by atoms with Crippen molar-refractivity contribution >= 4 is 27.6 Å². The lowest BCUT2D eigenvalue weighted by Gasteiger charge is -2.08. The van der Waals surface area contributed by atoms with Crippen molar-refractivity contribution in [1.29, 1.82) is 0 Å². The molecule has 4 rings (SSSR count). The van der Waals surface area contributed by atoms with Gasteiger partial charge < -0.3 is 4.42 Å². The van der Waals surface area contributed by atoms with Crippen LogP contribution in [-0.4, -0.2) is 0 Å².